The third-order valence-corrected chi connectivity index (χ3v) is 3.68. The predicted octanol–water partition coefficient (Wildman–Crippen LogP) is 2.55. The van der Waals surface area contributed by atoms with Crippen molar-refractivity contribution in [1.82, 2.24) is 15.2 Å². The van der Waals surface area contributed by atoms with Gasteiger partial charge in [-0.3, -0.25) is 4.79 Å². The van der Waals surface area contributed by atoms with E-state index < -0.39 is 0 Å². The van der Waals surface area contributed by atoms with E-state index in [0.29, 0.717) is 16.6 Å². The molecule has 0 unspecified atom stereocenters. The highest BCUT2D eigenvalue weighted by molar-refractivity contribution is 6.30. The van der Waals surface area contributed by atoms with E-state index in [0.717, 1.165) is 39.0 Å². The molecule has 1 aromatic heterocycles. The zero-order chi connectivity index (χ0) is 13.0. The van der Waals surface area contributed by atoms with Crippen LogP contribution in [0.15, 0.2) is 12.3 Å². The Kier molecular flexibility index (Phi) is 6.69. The molecule has 1 aliphatic heterocycles. The summed E-state index contributed by atoms with van der Waals surface area (Å²) in [7, 11) is 0. The minimum absolute atomic E-state index is 0. The molecule has 1 aromatic rings. The summed E-state index contributed by atoms with van der Waals surface area (Å²) >= 11 is 5.81. The number of nitrogens with zero attached hydrogens (tertiary/aromatic N) is 1. The third-order valence-electron chi connectivity index (χ3n) is 3.46. The molecule has 1 fully saturated rings. The lowest BCUT2D eigenvalue weighted by atomic mass is 9.96. The van der Waals surface area contributed by atoms with E-state index in [1.165, 1.54) is 0 Å². The Hall–Kier alpha value is -0.710. The summed E-state index contributed by atoms with van der Waals surface area (Å²) in [5.41, 5.74) is 0.588. The Labute approximate surface area is 125 Å². The molecule has 0 bridgehead atoms. The Morgan fingerprint density at radius 2 is 2.21 bits per heavy atom. The van der Waals surface area contributed by atoms with E-state index in [1.54, 1.807) is 12.3 Å². The van der Waals surface area contributed by atoms with Gasteiger partial charge in [0.2, 0.25) is 0 Å². The highest BCUT2D eigenvalue weighted by Crippen LogP contribution is 2.19. The number of halogens is 2. The van der Waals surface area contributed by atoms with Crippen molar-refractivity contribution in [3.8, 4) is 0 Å². The number of carbonyl (C=O) groups excluding carboxylic acids is 1. The second-order valence-corrected chi connectivity index (χ2v) is 5.21. The number of nitrogens with one attached hydrogen (secondary N) is 2. The van der Waals surface area contributed by atoms with Gasteiger partial charge in [0.05, 0.1) is 5.02 Å². The molecular formula is C13H21Cl2N3O. The van der Waals surface area contributed by atoms with Crippen LogP contribution in [0.5, 0.6) is 0 Å². The maximum Gasteiger partial charge on any atom is 0.270 e. The number of carbonyl (C=O) groups is 1. The van der Waals surface area contributed by atoms with Crippen LogP contribution < -0.4 is 5.32 Å². The summed E-state index contributed by atoms with van der Waals surface area (Å²) in [6.45, 7) is 5.87. The van der Waals surface area contributed by atoms with Gasteiger partial charge in [0.1, 0.15) is 5.69 Å². The summed E-state index contributed by atoms with van der Waals surface area (Å²) in [5.74, 6) is 0.755. The van der Waals surface area contributed by atoms with Crippen LogP contribution in [0.1, 0.15) is 30.3 Å². The zero-order valence-corrected chi connectivity index (χ0v) is 12.7. The summed E-state index contributed by atoms with van der Waals surface area (Å²) in [5, 5.41) is 3.95. The number of aromatic nitrogens is 1. The van der Waals surface area contributed by atoms with Gasteiger partial charge in [-0.25, -0.2) is 0 Å². The van der Waals surface area contributed by atoms with Gasteiger partial charge in [0.25, 0.3) is 5.91 Å². The number of rotatable bonds is 4. The van der Waals surface area contributed by atoms with E-state index in [-0.39, 0.29) is 18.3 Å². The Morgan fingerprint density at radius 1 is 1.53 bits per heavy atom. The van der Waals surface area contributed by atoms with E-state index >= 15 is 0 Å². The number of amides is 1. The zero-order valence-electron chi connectivity index (χ0n) is 11.1. The van der Waals surface area contributed by atoms with Crippen molar-refractivity contribution in [2.24, 2.45) is 5.92 Å². The number of hydrogen-bond donors (Lipinski definition) is 2. The Morgan fingerprint density at radius 3 is 2.74 bits per heavy atom. The third kappa shape index (κ3) is 4.41. The van der Waals surface area contributed by atoms with Crippen LogP contribution in [0, 0.1) is 5.92 Å². The molecule has 4 nitrogen and oxygen atoms in total. The van der Waals surface area contributed by atoms with Gasteiger partial charge < -0.3 is 15.2 Å². The van der Waals surface area contributed by atoms with Gasteiger partial charge in [-0.2, -0.15) is 0 Å². The maximum atomic E-state index is 12.2. The van der Waals surface area contributed by atoms with Crippen LogP contribution in [0.4, 0.5) is 0 Å². The Bertz CT molecular complexity index is 400. The molecule has 2 N–H and O–H groups in total. The van der Waals surface area contributed by atoms with Crippen molar-refractivity contribution in [3.05, 3.63) is 23.0 Å². The van der Waals surface area contributed by atoms with E-state index in [9.17, 15) is 4.79 Å². The summed E-state index contributed by atoms with van der Waals surface area (Å²) < 4.78 is 0. The molecule has 0 atom stereocenters. The van der Waals surface area contributed by atoms with Gasteiger partial charge >= 0.3 is 0 Å². The van der Waals surface area contributed by atoms with Crippen molar-refractivity contribution < 1.29 is 4.79 Å². The molecule has 2 heterocycles. The summed E-state index contributed by atoms with van der Waals surface area (Å²) in [6.07, 6.45) is 3.80. The smallest absolute Gasteiger partial charge is 0.270 e. The minimum Gasteiger partial charge on any atom is -0.356 e. The van der Waals surface area contributed by atoms with Crippen molar-refractivity contribution >= 4 is 29.9 Å². The number of aromatic amines is 1. The van der Waals surface area contributed by atoms with Gasteiger partial charge in [-0.1, -0.05) is 18.5 Å². The average molecular weight is 306 g/mol. The average Bonchev–Trinajstić information content (AvgIpc) is 2.83. The standard InChI is InChI=1S/C13H20ClN3O.ClH/c1-2-15-8-10-3-5-17(6-4-10)13(18)12-7-11(14)9-16-12;/h7,9-10,15-16H,2-6,8H2,1H3;1H. The summed E-state index contributed by atoms with van der Waals surface area (Å²) in [4.78, 5) is 17.0. The lowest BCUT2D eigenvalue weighted by Gasteiger charge is -2.31. The molecule has 0 saturated carbocycles. The highest BCUT2D eigenvalue weighted by Gasteiger charge is 2.23. The first kappa shape index (κ1) is 16.3. The first-order valence-corrected chi connectivity index (χ1v) is 6.92. The van der Waals surface area contributed by atoms with Crippen LogP contribution >= 0.6 is 24.0 Å². The van der Waals surface area contributed by atoms with E-state index in [2.05, 4.69) is 17.2 Å². The molecule has 108 valence electrons. The quantitative estimate of drug-likeness (QED) is 0.898. The first-order chi connectivity index (χ1) is 8.70. The molecule has 0 aromatic carbocycles. The Balaban J connectivity index is 0.00000180. The van der Waals surface area contributed by atoms with Crippen molar-refractivity contribution in [1.29, 1.82) is 0 Å². The molecule has 1 aliphatic rings. The van der Waals surface area contributed by atoms with E-state index in [4.69, 9.17) is 11.6 Å². The molecule has 2 rings (SSSR count). The largest absolute Gasteiger partial charge is 0.356 e. The van der Waals surface area contributed by atoms with Crippen molar-refractivity contribution in [3.63, 3.8) is 0 Å². The minimum atomic E-state index is 0. The number of piperidine rings is 1. The fourth-order valence-corrected chi connectivity index (χ4v) is 2.51. The maximum absolute atomic E-state index is 12.2. The number of likely N-dealkylation sites (tertiary alicyclic amines) is 1. The molecule has 6 heteroatoms. The molecule has 0 aliphatic carbocycles. The molecule has 1 amide bonds. The molecule has 0 radical (unpaired) electrons. The van der Waals surface area contributed by atoms with Crippen LogP contribution in [0.2, 0.25) is 5.02 Å². The first-order valence-electron chi connectivity index (χ1n) is 6.54. The van der Waals surface area contributed by atoms with Gasteiger partial charge in [0.15, 0.2) is 0 Å². The fraction of sp³-hybridized carbons (Fsp3) is 0.615. The van der Waals surface area contributed by atoms with Crippen molar-refractivity contribution in [2.75, 3.05) is 26.2 Å². The van der Waals surface area contributed by atoms with Crippen molar-refractivity contribution in [2.45, 2.75) is 19.8 Å². The normalized spacial score (nSPS) is 16.2. The molecule has 1 saturated heterocycles. The number of H-pyrrole nitrogens is 1. The van der Waals surface area contributed by atoms with Crippen LogP contribution in [0.25, 0.3) is 0 Å². The predicted molar refractivity (Wildman–Crippen MR) is 80.2 cm³/mol. The lowest BCUT2D eigenvalue weighted by Crippen LogP contribution is -2.40. The fourth-order valence-electron chi connectivity index (χ4n) is 2.35. The molecular weight excluding hydrogens is 285 g/mol. The highest BCUT2D eigenvalue weighted by atomic mass is 35.5. The lowest BCUT2D eigenvalue weighted by molar-refractivity contribution is 0.0685. The molecule has 19 heavy (non-hydrogen) atoms. The van der Waals surface area contributed by atoms with Gasteiger partial charge in [-0.05, 0) is 37.9 Å². The molecule has 0 spiro atoms. The van der Waals surface area contributed by atoms with Crippen LogP contribution in [-0.4, -0.2) is 42.0 Å². The second kappa shape index (κ2) is 7.78. The van der Waals surface area contributed by atoms with Crippen LogP contribution in [0.3, 0.4) is 0 Å². The van der Waals surface area contributed by atoms with Gasteiger partial charge in [0, 0.05) is 19.3 Å². The summed E-state index contributed by atoms with van der Waals surface area (Å²) in [6, 6.07) is 1.69. The van der Waals surface area contributed by atoms with E-state index in [1.807, 2.05) is 4.90 Å². The second-order valence-electron chi connectivity index (χ2n) is 4.77. The van der Waals surface area contributed by atoms with Gasteiger partial charge in [-0.15, -0.1) is 12.4 Å². The SMILES string of the molecule is CCNCC1CCN(C(=O)c2cc(Cl)c[nH]2)CC1.Cl. The van der Waals surface area contributed by atoms with Crippen LogP contribution in [-0.2, 0) is 0 Å². The monoisotopic (exact) mass is 305 g/mol. The topological polar surface area (TPSA) is 48.1 Å². The number of hydrogen-bond acceptors (Lipinski definition) is 2.